The van der Waals surface area contributed by atoms with E-state index >= 15 is 0 Å². The Morgan fingerprint density at radius 1 is 0.600 bits per heavy atom. The molecule has 0 nitrogen and oxygen atoms in total. The molecule has 2 aliphatic rings. The van der Waals surface area contributed by atoms with E-state index in [2.05, 4.69) is 98.8 Å². The van der Waals surface area contributed by atoms with Crippen molar-refractivity contribution in [2.24, 2.45) is 0 Å². The zero-order chi connectivity index (χ0) is 22.4. The molecule has 35 heavy (non-hydrogen) atoms. The Labute approximate surface area is 240 Å². The first-order chi connectivity index (χ1) is 16.2. The van der Waals surface area contributed by atoms with Gasteiger partial charge in [0.1, 0.15) is 0 Å². The summed E-state index contributed by atoms with van der Waals surface area (Å²) in [5, 5.41) is 0. The second-order valence-corrected chi connectivity index (χ2v) is 14.7. The fraction of sp³-hybridized carbons (Fsp3) is 0.200. The van der Waals surface area contributed by atoms with Crippen LogP contribution in [0.5, 0.6) is 0 Å². The second-order valence-electron chi connectivity index (χ2n) is 8.73. The Morgan fingerprint density at radius 3 is 1.43 bits per heavy atom. The molecule has 0 fully saturated rings. The zero-order valence-electron chi connectivity index (χ0n) is 19.7. The Kier molecular flexibility index (Phi) is 8.78. The van der Waals surface area contributed by atoms with Crippen LogP contribution in [0.4, 0.5) is 0 Å². The van der Waals surface area contributed by atoms with Gasteiger partial charge < -0.3 is 24.8 Å². The van der Waals surface area contributed by atoms with Gasteiger partial charge in [0, 0.05) is 0 Å². The van der Waals surface area contributed by atoms with Gasteiger partial charge >= 0.3 is 218 Å². The molecule has 6 rings (SSSR count). The molecule has 2 unspecified atom stereocenters. The number of fused-ring (bicyclic) bond motifs is 2. The van der Waals surface area contributed by atoms with E-state index in [1.165, 1.54) is 30.6 Å². The predicted octanol–water partition coefficient (Wildman–Crippen LogP) is 2.92. The summed E-state index contributed by atoms with van der Waals surface area (Å²) in [6.45, 7) is 4.53. The first-order valence-corrected chi connectivity index (χ1v) is 16.3. The number of hydrogen-bond donors (Lipinski definition) is 0. The Bertz CT molecular complexity index is 1290. The van der Waals surface area contributed by atoms with Crippen molar-refractivity contribution < 1.29 is 48.0 Å². The van der Waals surface area contributed by atoms with E-state index in [0.29, 0.717) is 7.25 Å². The van der Waals surface area contributed by atoms with E-state index in [9.17, 15) is 0 Å². The minimum absolute atomic E-state index is 0. The molecule has 0 saturated carbocycles. The van der Waals surface area contributed by atoms with Crippen molar-refractivity contribution in [2.75, 3.05) is 0 Å². The van der Waals surface area contributed by atoms with Gasteiger partial charge in [0.25, 0.3) is 0 Å². The van der Waals surface area contributed by atoms with Gasteiger partial charge in [0.2, 0.25) is 0 Å². The van der Waals surface area contributed by atoms with Gasteiger partial charge in [-0.05, 0) is 0 Å². The third-order valence-corrected chi connectivity index (χ3v) is 14.0. The molecule has 5 heteroatoms. The normalized spacial score (nSPS) is 17.4. The molecule has 0 N–H and O–H groups in total. The van der Waals surface area contributed by atoms with Crippen molar-refractivity contribution in [2.45, 2.75) is 33.9 Å². The summed E-state index contributed by atoms with van der Waals surface area (Å²) in [6, 6.07) is 27.7. The second kappa shape index (κ2) is 11.4. The fourth-order valence-corrected chi connectivity index (χ4v) is 12.6. The smallest absolute Gasteiger partial charge is 1.00 e. The van der Waals surface area contributed by atoms with Crippen molar-refractivity contribution in [3.8, 4) is 0 Å². The molecule has 2 aliphatic carbocycles. The van der Waals surface area contributed by atoms with Crippen molar-refractivity contribution >= 4 is 46.0 Å². The molecular formula is C30H26Cl2S2Zr. The van der Waals surface area contributed by atoms with Crippen LogP contribution in [0.3, 0.4) is 0 Å². The molecule has 2 aromatic heterocycles. The topological polar surface area (TPSA) is 0 Å². The third kappa shape index (κ3) is 5.01. The van der Waals surface area contributed by atoms with Gasteiger partial charge in [-0.3, -0.25) is 0 Å². The van der Waals surface area contributed by atoms with E-state index in [-0.39, 0.29) is 24.8 Å². The van der Waals surface area contributed by atoms with Crippen LogP contribution >= 0.6 is 22.7 Å². The maximum absolute atomic E-state index is 2.50. The number of hydrogen-bond acceptors (Lipinski definition) is 2. The van der Waals surface area contributed by atoms with E-state index in [1.54, 1.807) is 22.3 Å². The summed E-state index contributed by atoms with van der Waals surface area (Å²) in [6.07, 6.45) is 7.24. The van der Waals surface area contributed by atoms with E-state index in [0.717, 1.165) is 12.8 Å². The van der Waals surface area contributed by atoms with E-state index in [4.69, 9.17) is 0 Å². The third-order valence-electron chi connectivity index (χ3n) is 6.78. The Balaban J connectivity index is 0.00000144. The molecule has 0 spiro atoms. The minimum atomic E-state index is -0.927. The van der Waals surface area contributed by atoms with Crippen LogP contribution in [0, 0.1) is 0 Å². The summed E-state index contributed by atoms with van der Waals surface area (Å²) in [4.78, 5) is 5.94. The molecule has 0 bridgehead atoms. The predicted molar refractivity (Wildman–Crippen MR) is 142 cm³/mol. The quantitative estimate of drug-likeness (QED) is 0.314. The molecular weight excluding hydrogens is 587 g/mol. The summed E-state index contributed by atoms with van der Waals surface area (Å²) < 4.78 is 1.19. The van der Waals surface area contributed by atoms with Crippen LogP contribution in [-0.4, -0.2) is 0 Å². The standard InChI is InChI=1S/2C15H13S.2ClH.Zr/c2*1-2-14-7-8-15(16-14)13-9-11-5-3-4-6-12(11)10-13;;;/h2*3-10H,2H2,1H3;2*1H;/q;;;;+2/p-2. The van der Waals surface area contributed by atoms with Crippen LogP contribution in [0.1, 0.15) is 62.9 Å². The molecule has 2 heterocycles. The number of benzene rings is 2. The van der Waals surface area contributed by atoms with Crippen LogP contribution < -0.4 is 24.8 Å². The van der Waals surface area contributed by atoms with Gasteiger partial charge in [-0.2, -0.15) is 0 Å². The van der Waals surface area contributed by atoms with Crippen LogP contribution in [0.15, 0.2) is 72.8 Å². The van der Waals surface area contributed by atoms with E-state index < -0.39 is 23.2 Å². The average Bonchev–Trinajstić information content (AvgIpc) is 3.64. The largest absolute Gasteiger partial charge is 1.00 e. The van der Waals surface area contributed by atoms with Crippen molar-refractivity contribution in [3.63, 3.8) is 0 Å². The maximum Gasteiger partial charge on any atom is -1.00 e. The molecule has 0 saturated heterocycles. The SMILES string of the molecule is CCc1ccc(C2=Cc3ccccc3[CH]2[Zr+2][CH]2C(c3ccc(CC)s3)=Cc3ccccc32)s1.[Cl-].[Cl-]. The molecule has 0 amide bonds. The van der Waals surface area contributed by atoms with Crippen LogP contribution in [-0.2, 0) is 36.1 Å². The number of allylic oxidation sites excluding steroid dienone is 2. The van der Waals surface area contributed by atoms with Crippen molar-refractivity contribution in [1.29, 1.82) is 0 Å². The number of thiophene rings is 2. The van der Waals surface area contributed by atoms with Gasteiger partial charge in [0.15, 0.2) is 0 Å². The fourth-order valence-electron chi connectivity index (χ4n) is 5.05. The van der Waals surface area contributed by atoms with Gasteiger partial charge in [0.05, 0.1) is 0 Å². The molecule has 4 aromatic rings. The van der Waals surface area contributed by atoms with Gasteiger partial charge in [-0.15, -0.1) is 0 Å². The Hall–Kier alpha value is -1.22. The van der Waals surface area contributed by atoms with Gasteiger partial charge in [-0.1, -0.05) is 0 Å². The molecule has 2 aromatic carbocycles. The average molecular weight is 613 g/mol. The van der Waals surface area contributed by atoms with Crippen LogP contribution in [0.2, 0.25) is 0 Å². The zero-order valence-corrected chi connectivity index (χ0v) is 25.3. The van der Waals surface area contributed by atoms with Gasteiger partial charge in [-0.25, -0.2) is 0 Å². The monoisotopic (exact) mass is 610 g/mol. The summed E-state index contributed by atoms with van der Waals surface area (Å²) in [5.74, 6) is 0. The first kappa shape index (κ1) is 26.8. The molecule has 0 aliphatic heterocycles. The Morgan fingerprint density at radius 2 is 1.03 bits per heavy atom. The summed E-state index contributed by atoms with van der Waals surface area (Å²) in [5.41, 5.74) is 9.16. The maximum atomic E-state index is 2.50. The summed E-state index contributed by atoms with van der Waals surface area (Å²) >= 11 is 3.07. The van der Waals surface area contributed by atoms with Crippen molar-refractivity contribution in [3.05, 3.63) is 115 Å². The molecule has 0 radical (unpaired) electrons. The van der Waals surface area contributed by atoms with E-state index in [1.807, 2.05) is 22.7 Å². The number of rotatable bonds is 6. The molecule has 176 valence electrons. The molecule has 2 atom stereocenters. The first-order valence-electron chi connectivity index (χ1n) is 11.8. The minimum Gasteiger partial charge on any atom is -1.00 e. The summed E-state index contributed by atoms with van der Waals surface area (Å²) in [7, 11) is 0. The van der Waals surface area contributed by atoms with Crippen molar-refractivity contribution in [1.82, 2.24) is 0 Å². The number of aryl methyl sites for hydroxylation is 2. The number of halogens is 2. The van der Waals surface area contributed by atoms with Crippen LogP contribution in [0.25, 0.3) is 23.3 Å².